The number of para-hydroxylation sites is 8. The third kappa shape index (κ3) is 11.9. The van der Waals surface area contributed by atoms with Gasteiger partial charge in [-0.1, -0.05) is 249 Å². The Morgan fingerprint density at radius 1 is 0.146 bits per heavy atom. The van der Waals surface area contributed by atoms with Crippen LogP contribution in [0.4, 0.5) is 0 Å². The van der Waals surface area contributed by atoms with Crippen molar-refractivity contribution in [1.82, 2.24) is 46.5 Å². The summed E-state index contributed by atoms with van der Waals surface area (Å²) in [6.07, 6.45) is 7.25. The maximum Gasteiger partial charge on any atom is 0.0998 e. The van der Waals surface area contributed by atoms with Crippen LogP contribution < -0.4 is 0 Å². The molecule has 0 N–H and O–H groups in total. The Hall–Kier alpha value is -19.9. The zero-order valence-corrected chi connectivity index (χ0v) is 77.4. The fourth-order valence-electron chi connectivity index (χ4n) is 24.0. The molecular weight excluding hydrogens is 1750 g/mol. The van der Waals surface area contributed by atoms with E-state index in [0.717, 1.165) is 243 Å². The Balaban J connectivity index is 0.650. The molecule has 30 aromatic rings. The lowest BCUT2D eigenvalue weighted by Crippen LogP contribution is -2.06. The topological polar surface area (TPSA) is 113 Å². The summed E-state index contributed by atoms with van der Waals surface area (Å²) in [7, 11) is 0. The van der Waals surface area contributed by atoms with Crippen LogP contribution in [0.2, 0.25) is 0 Å². The number of rotatable bonds is 13. The van der Waals surface area contributed by atoms with E-state index in [2.05, 4.69) is 483 Å². The van der Waals surface area contributed by atoms with E-state index < -0.39 is 0 Å². The van der Waals surface area contributed by atoms with Crippen molar-refractivity contribution >= 4 is 174 Å². The van der Waals surface area contributed by atoms with E-state index in [1.54, 1.807) is 12.4 Å². The largest absolute Gasteiger partial charge is 0.309 e. The van der Waals surface area contributed by atoms with Gasteiger partial charge in [0.25, 0.3) is 0 Å². The first-order valence-electron chi connectivity index (χ1n) is 48.7. The van der Waals surface area contributed by atoms with Gasteiger partial charge in [-0.3, -0.25) is 9.97 Å². The van der Waals surface area contributed by atoms with Gasteiger partial charge in [-0.15, -0.1) is 0 Å². The molecule has 30 rings (SSSR count). The highest BCUT2D eigenvalue weighted by molar-refractivity contribution is 6.20. The molecule has 0 atom stereocenters. The minimum absolute atomic E-state index is 0.521. The van der Waals surface area contributed by atoms with E-state index in [0.29, 0.717) is 11.1 Å². The van der Waals surface area contributed by atoms with E-state index >= 15 is 0 Å². The van der Waals surface area contributed by atoms with Crippen LogP contribution in [0.15, 0.2) is 474 Å². The molecule has 0 aliphatic carbocycles. The van der Waals surface area contributed by atoms with Crippen LogP contribution in [0.1, 0.15) is 11.1 Å². The summed E-state index contributed by atoms with van der Waals surface area (Å²) in [5.74, 6) is 0. The number of hydrogen-bond donors (Lipinski definition) is 0. The van der Waals surface area contributed by atoms with Crippen LogP contribution in [-0.4, -0.2) is 46.5 Å². The van der Waals surface area contributed by atoms with Gasteiger partial charge in [0.2, 0.25) is 0 Å². The second-order valence-electron chi connectivity index (χ2n) is 37.8. The van der Waals surface area contributed by atoms with Crippen LogP contribution >= 0.6 is 0 Å². The summed E-state index contributed by atoms with van der Waals surface area (Å²) in [5, 5.41) is 41.4. The monoisotopic (exact) mass is 1830 g/mol. The molecule has 0 spiro atoms. The zero-order valence-electron chi connectivity index (χ0n) is 77.4. The van der Waals surface area contributed by atoms with Gasteiger partial charge in [-0.2, -0.15) is 10.5 Å². The average Bonchev–Trinajstić information content (AvgIpc) is 1.55. The van der Waals surface area contributed by atoms with Gasteiger partial charge in [-0.05, 0) is 245 Å². The van der Waals surface area contributed by atoms with E-state index in [4.69, 9.17) is 0 Å². The second-order valence-corrected chi connectivity index (χ2v) is 37.8. The highest BCUT2D eigenvalue weighted by Gasteiger charge is 2.30. The summed E-state index contributed by atoms with van der Waals surface area (Å²) in [6.45, 7) is 0. The second kappa shape index (κ2) is 31.3. The fourth-order valence-corrected chi connectivity index (χ4v) is 24.0. The first-order valence-corrected chi connectivity index (χ1v) is 48.7. The summed E-state index contributed by atoms with van der Waals surface area (Å²) in [6, 6.07) is 169. The molecule has 144 heavy (non-hydrogen) atoms. The highest BCUT2D eigenvalue weighted by atomic mass is 15.1. The normalized spacial score (nSPS) is 12.0. The number of fused-ring (bicyclic) bond motifs is 24. The van der Waals surface area contributed by atoms with E-state index in [-0.39, 0.29) is 0 Å². The van der Waals surface area contributed by atoms with Crippen LogP contribution in [-0.2, 0) is 0 Å². The van der Waals surface area contributed by atoms with E-state index in [1.807, 2.05) is 36.7 Å². The van der Waals surface area contributed by atoms with Crippen LogP contribution in [0, 0.1) is 22.7 Å². The lowest BCUT2D eigenvalue weighted by molar-refractivity contribution is 1.09. The first-order chi connectivity index (χ1) is 71.4. The minimum Gasteiger partial charge on any atom is -0.309 e. The van der Waals surface area contributed by atoms with Crippen molar-refractivity contribution in [3.8, 4) is 113 Å². The van der Waals surface area contributed by atoms with Crippen molar-refractivity contribution in [3.05, 3.63) is 485 Å². The molecule has 0 amide bonds. The van der Waals surface area contributed by atoms with Gasteiger partial charge in [0.05, 0.1) is 134 Å². The number of pyridine rings is 2. The fraction of sp³-hybridized carbons (Fsp3) is 0. The lowest BCUT2D eigenvalue weighted by atomic mass is 9.98. The molecule has 0 aliphatic rings. The van der Waals surface area contributed by atoms with Crippen molar-refractivity contribution in [1.29, 1.82) is 10.5 Å². The van der Waals surface area contributed by atoms with Gasteiger partial charge >= 0.3 is 0 Å². The van der Waals surface area contributed by atoms with Crippen molar-refractivity contribution < 1.29 is 0 Å². The molecule has 10 aromatic heterocycles. The number of nitriles is 2. The van der Waals surface area contributed by atoms with Crippen molar-refractivity contribution in [2.24, 2.45) is 0 Å². The molecule has 12 nitrogen and oxygen atoms in total. The number of benzene rings is 20. The smallest absolute Gasteiger partial charge is 0.0998 e. The molecule has 20 aromatic carbocycles. The summed E-state index contributed by atoms with van der Waals surface area (Å²) < 4.78 is 19.5. The maximum absolute atomic E-state index is 12.0. The molecule has 0 fully saturated rings. The van der Waals surface area contributed by atoms with Crippen molar-refractivity contribution in [2.45, 2.75) is 0 Å². The lowest BCUT2D eigenvalue weighted by Gasteiger charge is -2.20. The summed E-state index contributed by atoms with van der Waals surface area (Å²) in [5.41, 5.74) is 35.3. The summed E-state index contributed by atoms with van der Waals surface area (Å²) >= 11 is 0. The first kappa shape index (κ1) is 80.2. The quantitative estimate of drug-likeness (QED) is 0.114. The Morgan fingerprint density at radius 3 is 0.674 bits per heavy atom. The minimum atomic E-state index is 0.521. The van der Waals surface area contributed by atoms with E-state index in [9.17, 15) is 10.5 Å². The van der Waals surface area contributed by atoms with Gasteiger partial charge in [0, 0.05) is 145 Å². The zero-order chi connectivity index (χ0) is 94.6. The summed E-state index contributed by atoms with van der Waals surface area (Å²) in [4.78, 5) is 9.03. The Kier molecular flexibility index (Phi) is 17.4. The van der Waals surface area contributed by atoms with Crippen LogP contribution in [0.5, 0.6) is 0 Å². The maximum atomic E-state index is 12.0. The van der Waals surface area contributed by atoms with Crippen LogP contribution in [0.3, 0.4) is 0 Å². The average molecular weight is 1830 g/mol. The number of aromatic nitrogens is 10. The molecule has 12 heteroatoms. The third-order valence-corrected chi connectivity index (χ3v) is 30.3. The third-order valence-electron chi connectivity index (χ3n) is 30.3. The molecule has 0 unspecified atom stereocenters. The van der Waals surface area contributed by atoms with Crippen molar-refractivity contribution in [3.63, 3.8) is 0 Å². The van der Waals surface area contributed by atoms with Gasteiger partial charge in [-0.25, -0.2) is 0 Å². The molecule has 0 saturated carbocycles. The van der Waals surface area contributed by atoms with E-state index in [1.165, 1.54) is 32.3 Å². The SMILES string of the molecule is N#Cc1cc(-n2c3ccc(-n4c5ccccc5c5ccccc54)cc3c3cc(-n4c5ccccc5c5ccccc54)ccc32)c(-n2c3ccc(-n4c5ccccc5c5ccccc54)cc3c3cc(-n4c5ccccc5c5ccc(-c6ccc7c(c6)c6ccc(-c8ccccc8)cc6n7-c6cc(-c7ccncc7)c(C#N)cc6-n6c7ccccc7c7ccc(-c8ccccc8)cc76)cc54)ccc32)cc1-c1ccncc1. The molecule has 0 bridgehead atoms. The molecular formula is C132H78N12. The van der Waals surface area contributed by atoms with Gasteiger partial charge in [0.1, 0.15) is 0 Å². The number of nitrogens with zero attached hydrogens (tertiary/aromatic N) is 12. The predicted molar refractivity (Wildman–Crippen MR) is 593 cm³/mol. The molecule has 10 heterocycles. The van der Waals surface area contributed by atoms with Gasteiger partial charge < -0.3 is 36.5 Å². The van der Waals surface area contributed by atoms with Crippen molar-refractivity contribution in [2.75, 3.05) is 0 Å². The Bertz CT molecular complexity index is 10500. The Morgan fingerprint density at radius 2 is 0.361 bits per heavy atom. The van der Waals surface area contributed by atoms with Gasteiger partial charge in [0.15, 0.2) is 0 Å². The highest BCUT2D eigenvalue weighted by Crippen LogP contribution is 2.50. The van der Waals surface area contributed by atoms with Crippen LogP contribution in [0.25, 0.3) is 276 Å². The molecule has 0 radical (unpaired) electrons. The Labute approximate surface area is 823 Å². The molecule has 0 aliphatic heterocycles. The molecule has 666 valence electrons. The molecule has 0 saturated heterocycles. The predicted octanol–water partition coefficient (Wildman–Crippen LogP) is 33.3. The number of hydrogen-bond acceptors (Lipinski definition) is 4. The standard InChI is InChI=1S/C132H78N12/c133-79-89-71-129(141-122-55-47-91(137-113-35-15-7-27-95(113)96-28-8-16-36-114(96)137)73-109(122)110-74-92(48-56-123(110)141)138-115-37-17-9-29-97(115)98-30-10-18-38-116(98)138)131(77-106(89)83-59-63-135-64-60-83)142-124-57-49-93(139-117-39-19-11-31-99(117)100-32-12-20-40-118(100)139)75-111(124)112-76-94(50-58-125(112)142)140-119-41-21-13-33-101(119)103-52-45-88(70-126(103)140)85-46-54-121-108(67-85)105-53-44-87(82-25-5-2-6-26-82)69-128(105)144(121)132-78-107(84-61-65-136-66-62-84)90(80-134)72-130(132)143-120-42-22-14-34-102(120)104-51-43-86(68-127(104)143)81-23-3-1-4-24-81/h1-78H.